The minimum absolute atomic E-state index is 0.00948. The Kier molecular flexibility index (Phi) is 6.96. The molecule has 7 heteroatoms. The van der Waals surface area contributed by atoms with Gasteiger partial charge >= 0.3 is 12.1 Å². The van der Waals surface area contributed by atoms with Crippen molar-refractivity contribution in [1.29, 1.82) is 0 Å². The molecule has 2 aliphatic carbocycles. The van der Waals surface area contributed by atoms with Crippen molar-refractivity contribution in [1.82, 2.24) is 10.2 Å². The summed E-state index contributed by atoms with van der Waals surface area (Å²) in [4.78, 5) is 37.5. The first kappa shape index (κ1) is 22.8. The highest BCUT2D eigenvalue weighted by atomic mass is 16.5. The molecule has 2 aromatic rings. The van der Waals surface area contributed by atoms with Gasteiger partial charge in [0.2, 0.25) is 5.91 Å². The van der Waals surface area contributed by atoms with E-state index < -0.39 is 12.1 Å². The number of hydrogen-bond donors (Lipinski definition) is 2. The number of nitrogens with one attached hydrogen (secondary N) is 1. The van der Waals surface area contributed by atoms with E-state index in [1.54, 1.807) is 4.90 Å². The minimum atomic E-state index is -0.909. The summed E-state index contributed by atoms with van der Waals surface area (Å²) in [5.41, 5.74) is 4.69. The predicted octanol–water partition coefficient (Wildman–Crippen LogP) is 3.87. The van der Waals surface area contributed by atoms with E-state index in [1.807, 2.05) is 31.2 Å². The Labute approximate surface area is 193 Å². The number of carbonyl (C=O) groups excluding carboxylic acids is 2. The van der Waals surface area contributed by atoms with E-state index in [2.05, 4.69) is 29.6 Å². The maximum absolute atomic E-state index is 12.7. The first-order chi connectivity index (χ1) is 16.0. The molecule has 2 atom stereocenters. The van der Waals surface area contributed by atoms with Gasteiger partial charge in [0.25, 0.3) is 0 Å². The molecule has 2 aliphatic rings. The van der Waals surface area contributed by atoms with Crippen LogP contribution in [0.4, 0.5) is 4.79 Å². The van der Waals surface area contributed by atoms with Gasteiger partial charge in [-0.05, 0) is 41.0 Å². The fourth-order valence-electron chi connectivity index (χ4n) is 4.71. The molecule has 1 fully saturated rings. The third kappa shape index (κ3) is 5.18. The van der Waals surface area contributed by atoms with Crippen LogP contribution in [0.15, 0.2) is 48.5 Å². The van der Waals surface area contributed by atoms with E-state index in [-0.39, 0.29) is 43.2 Å². The van der Waals surface area contributed by atoms with E-state index in [4.69, 9.17) is 9.84 Å². The maximum atomic E-state index is 12.7. The number of carboxylic acids is 1. The topological polar surface area (TPSA) is 95.9 Å². The zero-order valence-electron chi connectivity index (χ0n) is 18.8. The average molecular weight is 451 g/mol. The van der Waals surface area contributed by atoms with E-state index in [1.165, 1.54) is 11.1 Å². The first-order valence-corrected chi connectivity index (χ1v) is 11.6. The highest BCUT2D eigenvalue weighted by molar-refractivity contribution is 5.82. The number of ether oxygens (including phenoxy) is 1. The Morgan fingerprint density at radius 1 is 1.03 bits per heavy atom. The summed E-state index contributed by atoms with van der Waals surface area (Å²) in [5.74, 6) is -0.998. The predicted molar refractivity (Wildman–Crippen MR) is 124 cm³/mol. The third-order valence-corrected chi connectivity index (χ3v) is 6.49. The monoisotopic (exact) mass is 450 g/mol. The fourth-order valence-corrected chi connectivity index (χ4v) is 4.71. The lowest BCUT2D eigenvalue weighted by atomic mass is 9.98. The number of nitrogens with zero attached hydrogens (tertiary/aromatic N) is 1. The van der Waals surface area contributed by atoms with Crippen LogP contribution in [-0.2, 0) is 14.3 Å². The third-order valence-electron chi connectivity index (χ3n) is 6.49. The number of carboxylic acid groups (broad SMARTS) is 1. The molecule has 4 rings (SSSR count). The number of rotatable bonds is 10. The SMILES string of the molecule is CCCN(CCC(=O)O)C(=O)[C@H]1C[C@H]1CNC(=O)OCC1c2ccccc2-c2ccccc21. The molecule has 2 amide bonds. The molecule has 0 bridgehead atoms. The van der Waals surface area contributed by atoms with Crippen molar-refractivity contribution < 1.29 is 24.2 Å². The molecular formula is C26H30N2O5. The normalized spacial score (nSPS) is 18.2. The Hall–Kier alpha value is -3.35. The molecule has 0 spiro atoms. The summed E-state index contributed by atoms with van der Waals surface area (Å²) in [7, 11) is 0. The molecule has 7 nitrogen and oxygen atoms in total. The number of amides is 2. The summed E-state index contributed by atoms with van der Waals surface area (Å²) in [6.07, 6.45) is 0.948. The molecule has 2 aromatic carbocycles. The van der Waals surface area contributed by atoms with Crippen LogP contribution < -0.4 is 5.32 Å². The van der Waals surface area contributed by atoms with Crippen molar-refractivity contribution in [3.8, 4) is 11.1 Å². The van der Waals surface area contributed by atoms with Crippen LogP contribution in [0, 0.1) is 11.8 Å². The van der Waals surface area contributed by atoms with Gasteiger partial charge in [0.1, 0.15) is 6.61 Å². The molecule has 0 aromatic heterocycles. The highest BCUT2D eigenvalue weighted by Crippen LogP contribution is 2.44. The van der Waals surface area contributed by atoms with Crippen LogP contribution in [-0.4, -0.2) is 54.2 Å². The molecule has 0 heterocycles. The number of carbonyl (C=O) groups is 3. The number of fused-ring (bicyclic) bond motifs is 3. The van der Waals surface area contributed by atoms with Crippen molar-refractivity contribution in [2.24, 2.45) is 11.8 Å². The molecule has 0 aliphatic heterocycles. The second-order valence-corrected chi connectivity index (χ2v) is 8.78. The largest absolute Gasteiger partial charge is 0.481 e. The summed E-state index contributed by atoms with van der Waals surface area (Å²) in [6.45, 7) is 3.38. The zero-order chi connectivity index (χ0) is 23.4. The lowest BCUT2D eigenvalue weighted by Gasteiger charge is -2.21. The molecule has 2 N–H and O–H groups in total. The maximum Gasteiger partial charge on any atom is 0.407 e. The Balaban J connectivity index is 1.26. The summed E-state index contributed by atoms with van der Waals surface area (Å²) < 4.78 is 5.55. The molecule has 174 valence electrons. The van der Waals surface area contributed by atoms with Crippen LogP contribution >= 0.6 is 0 Å². The van der Waals surface area contributed by atoms with Gasteiger partial charge in [0.15, 0.2) is 0 Å². The van der Waals surface area contributed by atoms with Crippen molar-refractivity contribution in [2.45, 2.75) is 32.1 Å². The fraction of sp³-hybridized carbons (Fsp3) is 0.423. The first-order valence-electron chi connectivity index (χ1n) is 11.6. The van der Waals surface area contributed by atoms with Crippen molar-refractivity contribution in [2.75, 3.05) is 26.2 Å². The second-order valence-electron chi connectivity index (χ2n) is 8.78. The number of benzene rings is 2. The van der Waals surface area contributed by atoms with E-state index >= 15 is 0 Å². The van der Waals surface area contributed by atoms with Gasteiger partial charge in [-0.1, -0.05) is 55.5 Å². The molecule has 0 radical (unpaired) electrons. The summed E-state index contributed by atoms with van der Waals surface area (Å²) in [5, 5.41) is 11.7. The quantitative estimate of drug-likeness (QED) is 0.573. The molecule has 33 heavy (non-hydrogen) atoms. The van der Waals surface area contributed by atoms with Crippen LogP contribution in [0.25, 0.3) is 11.1 Å². The van der Waals surface area contributed by atoms with Crippen LogP contribution in [0.5, 0.6) is 0 Å². The Morgan fingerprint density at radius 2 is 1.67 bits per heavy atom. The van der Waals surface area contributed by atoms with Gasteiger partial charge in [0.05, 0.1) is 6.42 Å². The van der Waals surface area contributed by atoms with Gasteiger partial charge in [-0.3, -0.25) is 9.59 Å². The number of alkyl carbamates (subject to hydrolysis) is 1. The molecule has 0 saturated heterocycles. The van der Waals surface area contributed by atoms with Gasteiger partial charge < -0.3 is 20.1 Å². The van der Waals surface area contributed by atoms with E-state index in [0.717, 1.165) is 17.5 Å². The Morgan fingerprint density at radius 3 is 2.27 bits per heavy atom. The number of aliphatic carboxylic acids is 1. The van der Waals surface area contributed by atoms with Gasteiger partial charge in [-0.15, -0.1) is 0 Å². The second kappa shape index (κ2) is 10.1. The lowest BCUT2D eigenvalue weighted by Crippen LogP contribution is -2.36. The van der Waals surface area contributed by atoms with Crippen molar-refractivity contribution in [3.05, 3.63) is 59.7 Å². The van der Waals surface area contributed by atoms with Gasteiger partial charge in [-0.2, -0.15) is 0 Å². The van der Waals surface area contributed by atoms with Gasteiger partial charge in [0, 0.05) is 31.5 Å². The lowest BCUT2D eigenvalue weighted by molar-refractivity contribution is -0.139. The van der Waals surface area contributed by atoms with Crippen molar-refractivity contribution in [3.63, 3.8) is 0 Å². The summed E-state index contributed by atoms with van der Waals surface area (Å²) in [6, 6.07) is 16.4. The van der Waals surface area contributed by atoms with E-state index in [9.17, 15) is 14.4 Å². The molecule has 1 saturated carbocycles. The van der Waals surface area contributed by atoms with Crippen molar-refractivity contribution >= 4 is 18.0 Å². The standard InChI is InChI=1S/C26H30N2O5/c1-2-12-28(13-11-24(29)30)25(31)22-14-17(22)15-27-26(32)33-16-23-20-9-5-3-7-18(20)19-8-4-6-10-21(19)23/h3-10,17,22-23H,2,11-16H2,1H3,(H,27,32)(H,29,30)/t17-,22-/m0/s1. The zero-order valence-corrected chi connectivity index (χ0v) is 18.8. The highest BCUT2D eigenvalue weighted by Gasteiger charge is 2.44. The average Bonchev–Trinajstić information content (AvgIpc) is 3.53. The number of hydrogen-bond acceptors (Lipinski definition) is 4. The minimum Gasteiger partial charge on any atom is -0.481 e. The molecule has 0 unspecified atom stereocenters. The van der Waals surface area contributed by atoms with Crippen LogP contribution in [0.3, 0.4) is 0 Å². The van der Waals surface area contributed by atoms with Crippen LogP contribution in [0.1, 0.15) is 43.2 Å². The Bertz CT molecular complexity index is 991. The van der Waals surface area contributed by atoms with E-state index in [0.29, 0.717) is 19.5 Å². The smallest absolute Gasteiger partial charge is 0.407 e. The van der Waals surface area contributed by atoms with Gasteiger partial charge in [-0.25, -0.2) is 4.79 Å². The summed E-state index contributed by atoms with van der Waals surface area (Å²) >= 11 is 0. The van der Waals surface area contributed by atoms with Crippen LogP contribution in [0.2, 0.25) is 0 Å². The molecular weight excluding hydrogens is 420 g/mol.